The Bertz CT molecular complexity index is 1240. The summed E-state index contributed by atoms with van der Waals surface area (Å²) in [5.74, 6) is -0.192. The van der Waals surface area contributed by atoms with Crippen molar-refractivity contribution in [1.82, 2.24) is 4.90 Å². The molecule has 1 amide bonds. The maximum absolute atomic E-state index is 13.3. The number of nitrogens with one attached hydrogen (secondary N) is 2. The summed E-state index contributed by atoms with van der Waals surface area (Å²) in [6, 6.07) is 27.7. The van der Waals surface area contributed by atoms with Gasteiger partial charge in [-0.15, -0.1) is 0 Å². The van der Waals surface area contributed by atoms with Crippen molar-refractivity contribution in [1.29, 1.82) is 0 Å². The molecule has 0 saturated carbocycles. The van der Waals surface area contributed by atoms with E-state index in [2.05, 4.69) is 22.5 Å². The predicted molar refractivity (Wildman–Crippen MR) is 159 cm³/mol. The van der Waals surface area contributed by atoms with E-state index in [-0.39, 0.29) is 24.5 Å². The van der Waals surface area contributed by atoms with Gasteiger partial charge in [-0.25, -0.2) is 4.79 Å². The highest BCUT2D eigenvalue weighted by Gasteiger charge is 2.31. The first-order chi connectivity index (χ1) is 19.2. The van der Waals surface area contributed by atoms with Gasteiger partial charge in [0, 0.05) is 37.1 Å². The van der Waals surface area contributed by atoms with Crippen LogP contribution in [0.5, 0.6) is 0 Å². The maximum Gasteiger partial charge on any atom is 0.412 e. The van der Waals surface area contributed by atoms with Crippen LogP contribution in [0.15, 0.2) is 84.9 Å². The summed E-state index contributed by atoms with van der Waals surface area (Å²) in [4.78, 5) is 27.8. The smallest absolute Gasteiger partial charge is 0.412 e. The number of anilines is 2. The number of hydrogen-bond acceptors (Lipinski definition) is 6. The Morgan fingerprint density at radius 1 is 0.950 bits per heavy atom. The molecule has 1 aliphatic rings. The van der Waals surface area contributed by atoms with E-state index in [4.69, 9.17) is 9.47 Å². The van der Waals surface area contributed by atoms with Crippen LogP contribution in [-0.4, -0.2) is 48.2 Å². The first-order valence-corrected chi connectivity index (χ1v) is 14.0. The molecule has 4 rings (SSSR count). The molecule has 212 valence electrons. The van der Waals surface area contributed by atoms with E-state index in [1.807, 2.05) is 106 Å². The number of carbonyl (C=O) groups is 2. The molecular weight excluding hydrogens is 502 g/mol. The largest absolute Gasteiger partial charge is 0.460 e. The normalized spacial score (nSPS) is 18.4. The average Bonchev–Trinajstić information content (AvgIpc) is 2.92. The minimum atomic E-state index is -0.554. The Labute approximate surface area is 237 Å². The fourth-order valence-corrected chi connectivity index (χ4v) is 5.02. The van der Waals surface area contributed by atoms with Crippen LogP contribution in [0.3, 0.4) is 0 Å². The zero-order valence-electron chi connectivity index (χ0n) is 23.9. The number of nitrogens with zero attached hydrogens (tertiary/aromatic N) is 1. The molecule has 40 heavy (non-hydrogen) atoms. The second-order valence-electron chi connectivity index (χ2n) is 11.5. The molecule has 3 aromatic carbocycles. The molecule has 1 aliphatic heterocycles. The molecule has 1 heterocycles. The number of carbonyl (C=O) groups excluding carboxylic acids is 2. The predicted octanol–water partition coefficient (Wildman–Crippen LogP) is 6.68. The molecule has 0 bridgehead atoms. The second-order valence-corrected chi connectivity index (χ2v) is 11.5. The number of likely N-dealkylation sites (tertiary alicyclic amines) is 1. The van der Waals surface area contributed by atoms with Crippen LogP contribution in [0.25, 0.3) is 0 Å². The van der Waals surface area contributed by atoms with Crippen molar-refractivity contribution in [2.45, 2.75) is 58.3 Å². The number of amides is 1. The number of hydrogen-bond donors (Lipinski definition) is 2. The highest BCUT2D eigenvalue weighted by atomic mass is 16.6. The van der Waals surface area contributed by atoms with Crippen molar-refractivity contribution in [3.63, 3.8) is 0 Å². The van der Waals surface area contributed by atoms with Gasteiger partial charge in [0.05, 0.1) is 5.92 Å². The van der Waals surface area contributed by atoms with E-state index >= 15 is 0 Å². The molecule has 0 radical (unpaired) electrons. The van der Waals surface area contributed by atoms with Gasteiger partial charge < -0.3 is 19.7 Å². The van der Waals surface area contributed by atoms with Crippen molar-refractivity contribution in [3.8, 4) is 0 Å². The number of rotatable bonds is 9. The second kappa shape index (κ2) is 13.5. The molecule has 1 fully saturated rings. The van der Waals surface area contributed by atoms with Gasteiger partial charge in [0.15, 0.2) is 0 Å². The number of benzene rings is 3. The minimum Gasteiger partial charge on any atom is -0.460 e. The van der Waals surface area contributed by atoms with Crippen LogP contribution in [0.2, 0.25) is 0 Å². The van der Waals surface area contributed by atoms with Gasteiger partial charge in [0.1, 0.15) is 12.2 Å². The van der Waals surface area contributed by atoms with E-state index in [1.54, 1.807) is 0 Å². The molecule has 7 heteroatoms. The lowest BCUT2D eigenvalue weighted by molar-refractivity contribution is -0.147. The molecule has 3 atom stereocenters. The molecule has 3 aromatic rings. The van der Waals surface area contributed by atoms with E-state index < -0.39 is 11.7 Å². The highest BCUT2D eigenvalue weighted by molar-refractivity contribution is 5.85. The van der Waals surface area contributed by atoms with Gasteiger partial charge in [-0.1, -0.05) is 73.7 Å². The van der Waals surface area contributed by atoms with Crippen molar-refractivity contribution >= 4 is 23.4 Å². The van der Waals surface area contributed by atoms with E-state index in [0.717, 1.165) is 36.3 Å². The van der Waals surface area contributed by atoms with Gasteiger partial charge in [-0.05, 0) is 62.4 Å². The van der Waals surface area contributed by atoms with Gasteiger partial charge in [0.25, 0.3) is 0 Å². The molecule has 7 nitrogen and oxygen atoms in total. The Morgan fingerprint density at radius 2 is 1.62 bits per heavy atom. The van der Waals surface area contributed by atoms with E-state index in [9.17, 15) is 9.59 Å². The first-order valence-electron chi connectivity index (χ1n) is 14.0. The van der Waals surface area contributed by atoms with E-state index in [0.29, 0.717) is 18.2 Å². The molecule has 0 aromatic heterocycles. The Morgan fingerprint density at radius 3 is 2.30 bits per heavy atom. The summed E-state index contributed by atoms with van der Waals surface area (Å²) >= 11 is 0. The fourth-order valence-electron chi connectivity index (χ4n) is 5.02. The molecule has 3 unspecified atom stereocenters. The third-order valence-electron chi connectivity index (χ3n) is 7.00. The Balaban J connectivity index is 1.34. The SMILES string of the molecule is CC1CN(CC(C(=O)OCc2ccccc2)c2ccccc2)CCC1Nc1cccc(NC(=O)OC(C)(C)C)c1. The van der Waals surface area contributed by atoms with Gasteiger partial charge in [-0.3, -0.25) is 10.1 Å². The summed E-state index contributed by atoms with van der Waals surface area (Å²) in [5, 5.41) is 6.46. The van der Waals surface area contributed by atoms with Crippen LogP contribution in [0, 0.1) is 5.92 Å². The molecule has 0 spiro atoms. The fraction of sp³-hybridized carbons (Fsp3) is 0.394. The monoisotopic (exact) mass is 543 g/mol. The summed E-state index contributed by atoms with van der Waals surface area (Å²) in [6.45, 7) is 10.4. The van der Waals surface area contributed by atoms with E-state index in [1.165, 1.54) is 0 Å². The standard InChI is InChI=1S/C33H41N3O4/c1-24-21-36(19-18-30(24)34-27-16-11-17-28(20-27)35-32(38)40-33(2,3)4)22-29(26-14-9-6-10-15-26)31(37)39-23-25-12-7-5-8-13-25/h5-17,20,24,29-30,34H,18-19,21-23H2,1-4H3,(H,35,38). The maximum atomic E-state index is 13.3. The number of ether oxygens (including phenoxy) is 2. The van der Waals surface area contributed by atoms with Crippen molar-refractivity contribution in [2.75, 3.05) is 30.3 Å². The quantitative estimate of drug-likeness (QED) is 0.293. The summed E-state index contributed by atoms with van der Waals surface area (Å²) < 4.78 is 11.1. The van der Waals surface area contributed by atoms with Crippen LogP contribution in [0.4, 0.5) is 16.2 Å². The lowest BCUT2D eigenvalue weighted by atomic mass is 9.91. The van der Waals surface area contributed by atoms with Crippen LogP contribution >= 0.6 is 0 Å². The van der Waals surface area contributed by atoms with Crippen LogP contribution < -0.4 is 10.6 Å². The summed E-state index contributed by atoms with van der Waals surface area (Å²) in [7, 11) is 0. The summed E-state index contributed by atoms with van der Waals surface area (Å²) in [5.41, 5.74) is 3.03. The van der Waals surface area contributed by atoms with Gasteiger partial charge in [-0.2, -0.15) is 0 Å². The highest BCUT2D eigenvalue weighted by Crippen LogP contribution is 2.27. The lowest BCUT2D eigenvalue weighted by Crippen LogP contribution is -2.47. The average molecular weight is 544 g/mol. The summed E-state index contributed by atoms with van der Waals surface area (Å²) in [6.07, 6.45) is 0.465. The molecule has 1 saturated heterocycles. The zero-order chi connectivity index (χ0) is 28.5. The zero-order valence-corrected chi connectivity index (χ0v) is 23.9. The minimum absolute atomic E-state index is 0.197. The topological polar surface area (TPSA) is 79.9 Å². The van der Waals surface area contributed by atoms with Crippen LogP contribution in [0.1, 0.15) is 51.2 Å². The lowest BCUT2D eigenvalue weighted by Gasteiger charge is -2.39. The Hall–Kier alpha value is -3.84. The van der Waals surface area contributed by atoms with Gasteiger partial charge in [0.2, 0.25) is 0 Å². The number of esters is 1. The van der Waals surface area contributed by atoms with Crippen molar-refractivity contribution < 1.29 is 19.1 Å². The third kappa shape index (κ3) is 8.85. The molecular formula is C33H41N3O4. The molecule has 2 N–H and O–H groups in total. The molecule has 0 aliphatic carbocycles. The Kier molecular flexibility index (Phi) is 9.83. The van der Waals surface area contributed by atoms with Gasteiger partial charge >= 0.3 is 12.1 Å². The first kappa shape index (κ1) is 29.2. The van der Waals surface area contributed by atoms with Crippen molar-refractivity contribution in [2.24, 2.45) is 5.92 Å². The number of piperidine rings is 1. The third-order valence-corrected chi connectivity index (χ3v) is 7.00. The van der Waals surface area contributed by atoms with Crippen molar-refractivity contribution in [3.05, 3.63) is 96.1 Å². The van der Waals surface area contributed by atoms with Crippen LogP contribution in [-0.2, 0) is 20.9 Å².